The number of ether oxygens (including phenoxy) is 2. The number of hydrogen-bond acceptors (Lipinski definition) is 4. The van der Waals surface area contributed by atoms with E-state index >= 15 is 0 Å². The third-order valence-electron chi connectivity index (χ3n) is 2.54. The first-order valence-electron chi connectivity index (χ1n) is 4.58. The van der Waals surface area contributed by atoms with Gasteiger partial charge in [-0.05, 0) is 25.0 Å². The number of aromatic nitrogens is 1. The fraction of sp³-hybridized carbons (Fsp3) is 0.500. The van der Waals surface area contributed by atoms with E-state index in [0.717, 1.165) is 18.5 Å². The van der Waals surface area contributed by atoms with Crippen molar-refractivity contribution < 1.29 is 9.47 Å². The molecule has 1 aliphatic carbocycles. The molecule has 1 aliphatic rings. The van der Waals surface area contributed by atoms with Crippen molar-refractivity contribution in [3.05, 3.63) is 17.8 Å². The van der Waals surface area contributed by atoms with Gasteiger partial charge in [-0.3, -0.25) is 0 Å². The number of pyridine rings is 1. The Morgan fingerprint density at radius 3 is 2.50 bits per heavy atom. The van der Waals surface area contributed by atoms with Crippen LogP contribution in [0.5, 0.6) is 11.6 Å². The Morgan fingerprint density at radius 2 is 2.00 bits per heavy atom. The van der Waals surface area contributed by atoms with Gasteiger partial charge in [-0.2, -0.15) is 0 Å². The van der Waals surface area contributed by atoms with Crippen molar-refractivity contribution in [2.75, 3.05) is 14.2 Å². The molecule has 0 saturated heterocycles. The number of rotatable bonds is 3. The summed E-state index contributed by atoms with van der Waals surface area (Å²) in [4.78, 5) is 4.32. The molecule has 1 aromatic heterocycles. The predicted octanol–water partition coefficient (Wildman–Crippen LogP) is 1.05. The Bertz CT molecular complexity index is 348. The van der Waals surface area contributed by atoms with Crippen molar-refractivity contribution in [3.63, 3.8) is 0 Å². The third kappa shape index (κ3) is 1.42. The van der Waals surface area contributed by atoms with E-state index < -0.39 is 0 Å². The number of methoxy groups -OCH3 is 2. The molecule has 76 valence electrons. The fourth-order valence-electron chi connectivity index (χ4n) is 1.40. The lowest BCUT2D eigenvalue weighted by Gasteiger charge is -2.11. The molecule has 0 radical (unpaired) electrons. The van der Waals surface area contributed by atoms with Crippen molar-refractivity contribution in [1.82, 2.24) is 4.98 Å². The number of nitrogens with two attached hydrogens (primary N) is 1. The van der Waals surface area contributed by atoms with Gasteiger partial charge >= 0.3 is 0 Å². The van der Waals surface area contributed by atoms with Gasteiger partial charge < -0.3 is 15.2 Å². The quantitative estimate of drug-likeness (QED) is 0.781. The first-order chi connectivity index (χ1) is 6.69. The molecule has 4 heteroatoms. The lowest BCUT2D eigenvalue weighted by atomic mass is 10.2. The molecule has 2 rings (SSSR count). The second kappa shape index (κ2) is 3.13. The smallest absolute Gasteiger partial charge is 0.257 e. The molecule has 1 fully saturated rings. The average molecular weight is 194 g/mol. The van der Waals surface area contributed by atoms with E-state index in [0.29, 0.717) is 11.6 Å². The molecule has 0 aromatic carbocycles. The van der Waals surface area contributed by atoms with Gasteiger partial charge in [0, 0.05) is 0 Å². The zero-order valence-corrected chi connectivity index (χ0v) is 8.41. The van der Waals surface area contributed by atoms with Crippen LogP contribution in [0.3, 0.4) is 0 Å². The molecular formula is C10H14N2O2. The minimum absolute atomic E-state index is 0.223. The van der Waals surface area contributed by atoms with Gasteiger partial charge in [0.15, 0.2) is 5.75 Å². The average Bonchev–Trinajstić information content (AvgIpc) is 2.97. The van der Waals surface area contributed by atoms with Gasteiger partial charge in [-0.1, -0.05) is 0 Å². The van der Waals surface area contributed by atoms with Crippen LogP contribution in [0.25, 0.3) is 0 Å². The van der Waals surface area contributed by atoms with Crippen LogP contribution < -0.4 is 15.2 Å². The van der Waals surface area contributed by atoms with Gasteiger partial charge in [0.05, 0.1) is 25.5 Å². The Balaban J connectivity index is 2.36. The standard InChI is InChI=1S/C10H14N2O2/c1-13-7-3-4-8(10(11)5-6-10)12-9(7)14-2/h3-4H,5-6,11H2,1-2H3. The second-order valence-corrected chi connectivity index (χ2v) is 3.56. The van der Waals surface area contributed by atoms with Crippen LogP contribution in [-0.2, 0) is 5.54 Å². The van der Waals surface area contributed by atoms with Crippen LogP contribution in [0.2, 0.25) is 0 Å². The lowest BCUT2D eigenvalue weighted by Crippen LogP contribution is -2.20. The molecule has 0 unspecified atom stereocenters. The molecule has 1 heterocycles. The molecule has 4 nitrogen and oxygen atoms in total. The second-order valence-electron chi connectivity index (χ2n) is 3.56. The number of hydrogen-bond donors (Lipinski definition) is 1. The van der Waals surface area contributed by atoms with Crippen LogP contribution in [0.4, 0.5) is 0 Å². The van der Waals surface area contributed by atoms with Crippen molar-refractivity contribution in [2.24, 2.45) is 5.73 Å². The maximum Gasteiger partial charge on any atom is 0.257 e. The summed E-state index contributed by atoms with van der Waals surface area (Å²) >= 11 is 0. The molecule has 14 heavy (non-hydrogen) atoms. The van der Waals surface area contributed by atoms with Crippen molar-refractivity contribution in [1.29, 1.82) is 0 Å². The predicted molar refractivity (Wildman–Crippen MR) is 52.4 cm³/mol. The zero-order chi connectivity index (χ0) is 10.2. The Labute approximate surface area is 83.0 Å². The van der Waals surface area contributed by atoms with Gasteiger partial charge in [0.1, 0.15) is 0 Å². The highest BCUT2D eigenvalue weighted by atomic mass is 16.5. The van der Waals surface area contributed by atoms with Crippen molar-refractivity contribution >= 4 is 0 Å². The summed E-state index contributed by atoms with van der Waals surface area (Å²) in [6.45, 7) is 0. The third-order valence-corrected chi connectivity index (χ3v) is 2.54. The zero-order valence-electron chi connectivity index (χ0n) is 8.41. The molecule has 2 N–H and O–H groups in total. The van der Waals surface area contributed by atoms with Crippen molar-refractivity contribution in [3.8, 4) is 11.6 Å². The Hall–Kier alpha value is -1.29. The Kier molecular flexibility index (Phi) is 2.07. The molecule has 0 atom stereocenters. The largest absolute Gasteiger partial charge is 0.491 e. The molecule has 1 saturated carbocycles. The summed E-state index contributed by atoms with van der Waals surface area (Å²) in [5, 5.41) is 0. The van der Waals surface area contributed by atoms with E-state index in [1.807, 2.05) is 12.1 Å². The maximum atomic E-state index is 6.02. The first kappa shape index (κ1) is 9.27. The van der Waals surface area contributed by atoms with Crippen LogP contribution in [0.15, 0.2) is 12.1 Å². The van der Waals surface area contributed by atoms with Gasteiger partial charge in [0.2, 0.25) is 0 Å². The van der Waals surface area contributed by atoms with E-state index in [4.69, 9.17) is 15.2 Å². The first-order valence-corrected chi connectivity index (χ1v) is 4.58. The van der Waals surface area contributed by atoms with E-state index in [1.165, 1.54) is 0 Å². The molecule has 0 bridgehead atoms. The molecule has 1 aromatic rings. The summed E-state index contributed by atoms with van der Waals surface area (Å²) in [6.07, 6.45) is 1.99. The normalized spacial score (nSPS) is 17.6. The highest BCUT2D eigenvalue weighted by Crippen LogP contribution is 2.43. The van der Waals surface area contributed by atoms with Gasteiger partial charge in [0.25, 0.3) is 5.88 Å². The van der Waals surface area contributed by atoms with Gasteiger partial charge in [-0.15, -0.1) is 0 Å². The molecule has 0 aliphatic heterocycles. The van der Waals surface area contributed by atoms with E-state index in [-0.39, 0.29) is 5.54 Å². The Morgan fingerprint density at radius 1 is 1.29 bits per heavy atom. The summed E-state index contributed by atoms with van der Waals surface area (Å²) in [6, 6.07) is 3.74. The monoisotopic (exact) mass is 194 g/mol. The minimum Gasteiger partial charge on any atom is -0.491 e. The van der Waals surface area contributed by atoms with Crippen LogP contribution >= 0.6 is 0 Å². The number of nitrogens with zero attached hydrogens (tertiary/aromatic N) is 1. The highest BCUT2D eigenvalue weighted by molar-refractivity contribution is 5.37. The lowest BCUT2D eigenvalue weighted by molar-refractivity contribution is 0.340. The SMILES string of the molecule is COc1ccc(C2(N)CC2)nc1OC. The fourth-order valence-corrected chi connectivity index (χ4v) is 1.40. The summed E-state index contributed by atoms with van der Waals surface area (Å²) < 4.78 is 10.2. The maximum absolute atomic E-state index is 6.02. The summed E-state index contributed by atoms with van der Waals surface area (Å²) in [5.74, 6) is 1.14. The van der Waals surface area contributed by atoms with Gasteiger partial charge in [-0.25, -0.2) is 4.98 Å². The topological polar surface area (TPSA) is 57.4 Å². The minimum atomic E-state index is -0.223. The van der Waals surface area contributed by atoms with Crippen LogP contribution in [0, 0.1) is 0 Å². The summed E-state index contributed by atoms with van der Waals surface area (Å²) in [7, 11) is 3.17. The van der Waals surface area contributed by atoms with Crippen molar-refractivity contribution in [2.45, 2.75) is 18.4 Å². The van der Waals surface area contributed by atoms with Crippen LogP contribution in [0.1, 0.15) is 18.5 Å². The molecular weight excluding hydrogens is 180 g/mol. The van der Waals surface area contributed by atoms with Crippen LogP contribution in [-0.4, -0.2) is 19.2 Å². The van der Waals surface area contributed by atoms with E-state index in [1.54, 1.807) is 14.2 Å². The van der Waals surface area contributed by atoms with E-state index in [9.17, 15) is 0 Å². The summed E-state index contributed by atoms with van der Waals surface area (Å²) in [5.41, 5.74) is 6.69. The molecule has 0 spiro atoms. The molecule has 0 amide bonds. The highest BCUT2D eigenvalue weighted by Gasteiger charge is 2.41. The van der Waals surface area contributed by atoms with E-state index in [2.05, 4.69) is 4.98 Å².